The summed E-state index contributed by atoms with van der Waals surface area (Å²) in [6.07, 6.45) is 4.21. The van der Waals surface area contributed by atoms with Gasteiger partial charge in [0.2, 0.25) is 0 Å². The highest BCUT2D eigenvalue weighted by molar-refractivity contribution is 5.97. The SMILES string of the molecule is COc1cccc(C(=O)NCc2ccnc(N3CCCC3)c2)c1OC. The van der Waals surface area contributed by atoms with Gasteiger partial charge in [-0.2, -0.15) is 0 Å². The topological polar surface area (TPSA) is 63.7 Å². The molecule has 2 aromatic rings. The number of aromatic nitrogens is 1. The fourth-order valence-corrected chi connectivity index (χ4v) is 3.03. The molecule has 1 fully saturated rings. The number of pyridine rings is 1. The minimum absolute atomic E-state index is 0.199. The Hall–Kier alpha value is -2.76. The van der Waals surface area contributed by atoms with Crippen molar-refractivity contribution in [2.45, 2.75) is 19.4 Å². The van der Waals surface area contributed by atoms with Gasteiger partial charge in [0.1, 0.15) is 5.82 Å². The van der Waals surface area contributed by atoms with Gasteiger partial charge in [0, 0.05) is 25.8 Å². The third-order valence-electron chi connectivity index (χ3n) is 4.34. The molecule has 0 radical (unpaired) electrons. The molecule has 3 rings (SSSR count). The lowest BCUT2D eigenvalue weighted by Crippen LogP contribution is -2.24. The number of nitrogens with one attached hydrogen (secondary N) is 1. The average molecular weight is 341 g/mol. The summed E-state index contributed by atoms with van der Waals surface area (Å²) >= 11 is 0. The first-order valence-corrected chi connectivity index (χ1v) is 8.42. The average Bonchev–Trinajstić information content (AvgIpc) is 3.20. The molecule has 132 valence electrons. The largest absolute Gasteiger partial charge is 0.493 e. The van der Waals surface area contributed by atoms with Gasteiger partial charge in [0.25, 0.3) is 5.91 Å². The lowest BCUT2D eigenvalue weighted by Gasteiger charge is -2.17. The van der Waals surface area contributed by atoms with Crippen LogP contribution in [-0.4, -0.2) is 38.2 Å². The van der Waals surface area contributed by atoms with Crippen LogP contribution in [0.2, 0.25) is 0 Å². The van der Waals surface area contributed by atoms with E-state index in [-0.39, 0.29) is 5.91 Å². The minimum Gasteiger partial charge on any atom is -0.493 e. The highest BCUT2D eigenvalue weighted by Crippen LogP contribution is 2.30. The molecule has 0 saturated carbocycles. The molecule has 0 unspecified atom stereocenters. The number of rotatable bonds is 6. The van der Waals surface area contributed by atoms with Crippen LogP contribution in [0.5, 0.6) is 11.5 Å². The number of hydrogen-bond acceptors (Lipinski definition) is 5. The van der Waals surface area contributed by atoms with Crippen LogP contribution in [-0.2, 0) is 6.54 Å². The zero-order chi connectivity index (χ0) is 17.6. The van der Waals surface area contributed by atoms with Crippen molar-refractivity contribution < 1.29 is 14.3 Å². The minimum atomic E-state index is -0.199. The highest BCUT2D eigenvalue weighted by atomic mass is 16.5. The Bertz CT molecular complexity index is 742. The number of carbonyl (C=O) groups is 1. The molecule has 0 aliphatic carbocycles. The Balaban J connectivity index is 1.69. The Kier molecular flexibility index (Phi) is 5.38. The van der Waals surface area contributed by atoms with Gasteiger partial charge in [0.05, 0.1) is 19.8 Å². The molecule has 0 spiro atoms. The monoisotopic (exact) mass is 341 g/mol. The quantitative estimate of drug-likeness (QED) is 0.875. The third-order valence-corrected chi connectivity index (χ3v) is 4.34. The van der Waals surface area contributed by atoms with E-state index in [1.165, 1.54) is 20.0 Å². The van der Waals surface area contributed by atoms with Crippen LogP contribution in [0.25, 0.3) is 0 Å². The van der Waals surface area contributed by atoms with E-state index in [9.17, 15) is 4.79 Å². The summed E-state index contributed by atoms with van der Waals surface area (Å²) in [6, 6.07) is 9.21. The van der Waals surface area contributed by atoms with Crippen molar-refractivity contribution in [3.63, 3.8) is 0 Å². The molecular weight excluding hydrogens is 318 g/mol. The van der Waals surface area contributed by atoms with Crippen molar-refractivity contribution in [3.8, 4) is 11.5 Å². The normalized spacial score (nSPS) is 13.6. The number of amides is 1. The summed E-state index contributed by atoms with van der Waals surface area (Å²) in [4.78, 5) is 19.2. The Morgan fingerprint density at radius 2 is 2.00 bits per heavy atom. The number of para-hydroxylation sites is 1. The van der Waals surface area contributed by atoms with Crippen LogP contribution in [0.15, 0.2) is 36.5 Å². The molecule has 1 amide bonds. The summed E-state index contributed by atoms with van der Waals surface area (Å²) in [5.41, 5.74) is 1.47. The van der Waals surface area contributed by atoms with Gasteiger partial charge in [-0.1, -0.05) is 6.07 Å². The summed E-state index contributed by atoms with van der Waals surface area (Å²) < 4.78 is 10.6. The predicted molar refractivity (Wildman–Crippen MR) is 96.4 cm³/mol. The van der Waals surface area contributed by atoms with Crippen LogP contribution >= 0.6 is 0 Å². The lowest BCUT2D eigenvalue weighted by molar-refractivity contribution is 0.0947. The van der Waals surface area contributed by atoms with E-state index in [1.807, 2.05) is 12.1 Å². The van der Waals surface area contributed by atoms with Crippen LogP contribution in [0.1, 0.15) is 28.8 Å². The standard InChI is InChI=1S/C19H23N3O3/c1-24-16-7-5-6-15(18(16)25-2)19(23)21-13-14-8-9-20-17(12-14)22-10-3-4-11-22/h5-9,12H,3-4,10-11,13H2,1-2H3,(H,21,23). The molecule has 1 aliphatic rings. The first kappa shape index (κ1) is 17.1. The maximum atomic E-state index is 12.5. The van der Waals surface area contributed by atoms with Crippen molar-refractivity contribution >= 4 is 11.7 Å². The van der Waals surface area contributed by atoms with Crippen molar-refractivity contribution in [1.29, 1.82) is 0 Å². The van der Waals surface area contributed by atoms with Crippen molar-refractivity contribution in [1.82, 2.24) is 10.3 Å². The zero-order valence-corrected chi connectivity index (χ0v) is 14.6. The number of nitrogens with zero attached hydrogens (tertiary/aromatic N) is 2. The Morgan fingerprint density at radius 3 is 2.72 bits per heavy atom. The number of carbonyl (C=O) groups excluding carboxylic acids is 1. The lowest BCUT2D eigenvalue weighted by atomic mass is 10.1. The van der Waals surface area contributed by atoms with Crippen molar-refractivity contribution in [2.24, 2.45) is 0 Å². The van der Waals surface area contributed by atoms with E-state index in [0.29, 0.717) is 23.6 Å². The van der Waals surface area contributed by atoms with E-state index in [1.54, 1.807) is 31.5 Å². The van der Waals surface area contributed by atoms with Crippen LogP contribution < -0.4 is 19.7 Å². The molecule has 6 heteroatoms. The Labute approximate surface area is 147 Å². The van der Waals surface area contributed by atoms with Gasteiger partial charge < -0.3 is 19.7 Å². The third kappa shape index (κ3) is 3.84. The van der Waals surface area contributed by atoms with E-state index >= 15 is 0 Å². The molecule has 1 aliphatic heterocycles. The van der Waals surface area contributed by atoms with Crippen molar-refractivity contribution in [3.05, 3.63) is 47.7 Å². The number of ether oxygens (including phenoxy) is 2. The van der Waals surface area contributed by atoms with Crippen LogP contribution in [0.3, 0.4) is 0 Å². The van der Waals surface area contributed by atoms with Gasteiger partial charge >= 0.3 is 0 Å². The smallest absolute Gasteiger partial charge is 0.255 e. The van der Waals surface area contributed by atoms with E-state index in [2.05, 4.69) is 15.2 Å². The fourth-order valence-electron chi connectivity index (χ4n) is 3.03. The van der Waals surface area contributed by atoms with Gasteiger partial charge in [-0.05, 0) is 42.7 Å². The van der Waals surface area contributed by atoms with Gasteiger partial charge in [-0.15, -0.1) is 0 Å². The second-order valence-corrected chi connectivity index (χ2v) is 5.94. The molecule has 1 saturated heterocycles. The van der Waals surface area contributed by atoms with Gasteiger partial charge in [-0.25, -0.2) is 4.98 Å². The molecule has 0 bridgehead atoms. The summed E-state index contributed by atoms with van der Waals surface area (Å²) in [7, 11) is 3.08. The second kappa shape index (κ2) is 7.88. The number of benzene rings is 1. The van der Waals surface area contributed by atoms with Crippen molar-refractivity contribution in [2.75, 3.05) is 32.2 Å². The number of anilines is 1. The first-order chi connectivity index (χ1) is 12.2. The number of hydrogen-bond donors (Lipinski definition) is 1. The molecule has 2 heterocycles. The van der Waals surface area contributed by atoms with E-state index < -0.39 is 0 Å². The Morgan fingerprint density at radius 1 is 1.20 bits per heavy atom. The number of methoxy groups -OCH3 is 2. The molecular formula is C19H23N3O3. The summed E-state index contributed by atoms with van der Waals surface area (Å²) in [5, 5.41) is 2.94. The van der Waals surface area contributed by atoms with Crippen LogP contribution in [0.4, 0.5) is 5.82 Å². The summed E-state index contributed by atoms with van der Waals surface area (Å²) in [5.74, 6) is 1.75. The predicted octanol–water partition coefficient (Wildman–Crippen LogP) is 2.63. The van der Waals surface area contributed by atoms with Gasteiger partial charge in [-0.3, -0.25) is 4.79 Å². The van der Waals surface area contributed by atoms with Crippen LogP contribution in [0, 0.1) is 0 Å². The van der Waals surface area contributed by atoms with E-state index in [0.717, 1.165) is 24.5 Å². The maximum Gasteiger partial charge on any atom is 0.255 e. The molecule has 1 aromatic carbocycles. The zero-order valence-electron chi connectivity index (χ0n) is 14.6. The van der Waals surface area contributed by atoms with Gasteiger partial charge in [0.15, 0.2) is 11.5 Å². The molecule has 1 aromatic heterocycles. The highest BCUT2D eigenvalue weighted by Gasteiger charge is 2.17. The van der Waals surface area contributed by atoms with E-state index in [4.69, 9.17) is 9.47 Å². The molecule has 6 nitrogen and oxygen atoms in total. The second-order valence-electron chi connectivity index (χ2n) is 5.94. The first-order valence-electron chi connectivity index (χ1n) is 8.42. The molecule has 0 atom stereocenters. The maximum absolute atomic E-state index is 12.5. The fraction of sp³-hybridized carbons (Fsp3) is 0.368. The molecule has 25 heavy (non-hydrogen) atoms. The molecule has 1 N–H and O–H groups in total. The summed E-state index contributed by atoms with van der Waals surface area (Å²) in [6.45, 7) is 2.52.